The van der Waals surface area contributed by atoms with Gasteiger partial charge in [-0.25, -0.2) is 5.43 Å². The summed E-state index contributed by atoms with van der Waals surface area (Å²) in [5, 5.41) is 7.12. The second-order valence-electron chi connectivity index (χ2n) is 4.87. The molecule has 0 radical (unpaired) electrons. The molecule has 24 heavy (non-hydrogen) atoms. The summed E-state index contributed by atoms with van der Waals surface area (Å²) >= 11 is 8.03. The third kappa shape index (κ3) is 6.29. The molecule has 0 aliphatic carbocycles. The molecule has 0 unspecified atom stereocenters. The maximum absolute atomic E-state index is 11.8. The number of hydrazone groups is 1. The number of rotatable bonds is 6. The first-order valence-corrected chi connectivity index (χ1v) is 8.62. The number of carbonyl (C=O) groups is 2. The zero-order valence-corrected chi connectivity index (χ0v) is 15.5. The highest BCUT2D eigenvalue weighted by atomic mass is 127. The van der Waals surface area contributed by atoms with Crippen LogP contribution in [0.3, 0.4) is 0 Å². The molecule has 0 bridgehead atoms. The molecule has 0 heterocycles. The van der Waals surface area contributed by atoms with E-state index < -0.39 is 0 Å². The second-order valence-corrected chi connectivity index (χ2v) is 6.47. The molecular weight excluding hydrogens is 441 g/mol. The Bertz CT molecular complexity index is 765. The number of nitrogens with one attached hydrogen (secondary N) is 2. The van der Waals surface area contributed by atoms with Crippen molar-refractivity contribution in [3.05, 3.63) is 62.7 Å². The molecule has 5 nitrogen and oxygen atoms in total. The Kier molecular flexibility index (Phi) is 7.20. The third-order valence-corrected chi connectivity index (χ3v) is 4.20. The number of amides is 2. The summed E-state index contributed by atoms with van der Waals surface area (Å²) in [4.78, 5) is 23.5. The van der Waals surface area contributed by atoms with Gasteiger partial charge < -0.3 is 5.32 Å². The van der Waals surface area contributed by atoms with E-state index in [1.54, 1.807) is 30.5 Å². The van der Waals surface area contributed by atoms with Crippen molar-refractivity contribution < 1.29 is 9.59 Å². The van der Waals surface area contributed by atoms with Gasteiger partial charge >= 0.3 is 0 Å². The van der Waals surface area contributed by atoms with Gasteiger partial charge in [0.15, 0.2) is 0 Å². The summed E-state index contributed by atoms with van der Waals surface area (Å²) in [6.45, 7) is 0. The van der Waals surface area contributed by atoms with Crippen molar-refractivity contribution in [3.8, 4) is 0 Å². The Hall–Kier alpha value is -1.93. The average molecular weight is 456 g/mol. The summed E-state index contributed by atoms with van der Waals surface area (Å²) in [7, 11) is 0. The lowest BCUT2D eigenvalue weighted by Crippen LogP contribution is -2.20. The van der Waals surface area contributed by atoms with Crippen molar-refractivity contribution in [2.45, 2.75) is 12.8 Å². The highest BCUT2D eigenvalue weighted by molar-refractivity contribution is 14.1. The topological polar surface area (TPSA) is 70.6 Å². The van der Waals surface area contributed by atoms with Crippen molar-refractivity contribution in [3.63, 3.8) is 0 Å². The van der Waals surface area contributed by atoms with Crippen LogP contribution in [0.15, 0.2) is 53.6 Å². The van der Waals surface area contributed by atoms with Crippen LogP contribution < -0.4 is 10.7 Å². The number of anilines is 1. The summed E-state index contributed by atoms with van der Waals surface area (Å²) in [6.07, 6.45) is 1.69. The van der Waals surface area contributed by atoms with Gasteiger partial charge in [0, 0.05) is 32.7 Å². The van der Waals surface area contributed by atoms with Crippen molar-refractivity contribution in [2.24, 2.45) is 5.10 Å². The van der Waals surface area contributed by atoms with E-state index in [-0.39, 0.29) is 24.7 Å². The summed E-state index contributed by atoms with van der Waals surface area (Å²) < 4.78 is 1.04. The zero-order valence-electron chi connectivity index (χ0n) is 12.6. The molecule has 0 spiro atoms. The minimum Gasteiger partial charge on any atom is -0.326 e. The van der Waals surface area contributed by atoms with Gasteiger partial charge in [0.2, 0.25) is 11.8 Å². The van der Waals surface area contributed by atoms with Crippen LogP contribution in [0, 0.1) is 3.57 Å². The van der Waals surface area contributed by atoms with Crippen LogP contribution in [0.1, 0.15) is 18.4 Å². The number of hydrogen-bond donors (Lipinski definition) is 2. The van der Waals surface area contributed by atoms with E-state index in [4.69, 9.17) is 11.6 Å². The zero-order chi connectivity index (χ0) is 17.4. The Morgan fingerprint density at radius 1 is 1.08 bits per heavy atom. The quantitative estimate of drug-likeness (QED) is 0.395. The Morgan fingerprint density at radius 2 is 1.83 bits per heavy atom. The van der Waals surface area contributed by atoms with Crippen LogP contribution in [0.5, 0.6) is 0 Å². The Morgan fingerprint density at radius 3 is 2.58 bits per heavy atom. The highest BCUT2D eigenvalue weighted by Crippen LogP contribution is 2.15. The van der Waals surface area contributed by atoms with E-state index in [1.165, 1.54) is 0 Å². The van der Waals surface area contributed by atoms with Gasteiger partial charge in [-0.05, 0) is 46.9 Å². The molecule has 2 amide bonds. The number of carbonyl (C=O) groups excluding carboxylic acids is 2. The Balaban J connectivity index is 1.75. The fourth-order valence-electron chi connectivity index (χ4n) is 1.83. The largest absolute Gasteiger partial charge is 0.326 e. The van der Waals surface area contributed by atoms with Crippen molar-refractivity contribution in [1.82, 2.24) is 5.43 Å². The van der Waals surface area contributed by atoms with E-state index >= 15 is 0 Å². The number of nitrogens with zero attached hydrogens (tertiary/aromatic N) is 1. The lowest BCUT2D eigenvalue weighted by Gasteiger charge is -2.05. The summed E-state index contributed by atoms with van der Waals surface area (Å²) in [5.74, 6) is -0.576. The lowest BCUT2D eigenvalue weighted by atomic mass is 10.2. The molecule has 124 valence electrons. The molecule has 0 aliphatic rings. The minimum absolute atomic E-state index is 0.0512. The number of benzene rings is 2. The van der Waals surface area contributed by atoms with Gasteiger partial charge in [-0.2, -0.15) is 5.10 Å². The van der Waals surface area contributed by atoms with Crippen LogP contribution >= 0.6 is 34.2 Å². The first-order valence-electron chi connectivity index (χ1n) is 7.16. The molecular formula is C17H15ClIN3O2. The summed E-state index contributed by atoms with van der Waals surface area (Å²) in [6, 6.07) is 14.5. The molecule has 2 rings (SSSR count). The van der Waals surface area contributed by atoms with Crippen LogP contribution in [0.2, 0.25) is 5.02 Å². The maximum atomic E-state index is 11.8. The third-order valence-electron chi connectivity index (χ3n) is 2.99. The van der Waals surface area contributed by atoms with Crippen molar-refractivity contribution in [2.75, 3.05) is 5.32 Å². The molecule has 2 N–H and O–H groups in total. The summed E-state index contributed by atoms with van der Waals surface area (Å²) in [5.41, 5.74) is 3.93. The van der Waals surface area contributed by atoms with Gasteiger partial charge in [-0.1, -0.05) is 35.9 Å². The van der Waals surface area contributed by atoms with E-state index in [0.29, 0.717) is 10.7 Å². The second kappa shape index (κ2) is 9.39. The number of hydrogen-bond acceptors (Lipinski definition) is 3. The van der Waals surface area contributed by atoms with Crippen LogP contribution in [-0.2, 0) is 9.59 Å². The van der Waals surface area contributed by atoms with Gasteiger partial charge in [0.25, 0.3) is 0 Å². The molecule has 0 saturated carbocycles. The fourth-order valence-corrected chi connectivity index (χ4v) is 2.54. The predicted molar refractivity (Wildman–Crippen MR) is 104 cm³/mol. The first kappa shape index (κ1) is 18.4. The predicted octanol–water partition coefficient (Wildman–Crippen LogP) is 3.81. The van der Waals surface area contributed by atoms with Crippen molar-refractivity contribution >= 4 is 57.9 Å². The smallest absolute Gasteiger partial charge is 0.240 e. The molecule has 2 aromatic carbocycles. The highest BCUT2D eigenvalue weighted by Gasteiger charge is 2.07. The van der Waals surface area contributed by atoms with Crippen LogP contribution in [0.25, 0.3) is 0 Å². The molecule has 0 aliphatic heterocycles. The SMILES string of the molecule is O=C(CCC(=O)Nc1cccc(Cl)c1)NN=Cc1ccccc1I. The average Bonchev–Trinajstić information content (AvgIpc) is 2.55. The monoisotopic (exact) mass is 455 g/mol. The van der Waals surface area contributed by atoms with Gasteiger partial charge in [0.1, 0.15) is 0 Å². The van der Waals surface area contributed by atoms with Crippen molar-refractivity contribution in [1.29, 1.82) is 0 Å². The molecule has 0 atom stereocenters. The minimum atomic E-state index is -0.321. The first-order chi connectivity index (χ1) is 11.5. The van der Waals surface area contributed by atoms with E-state index in [1.807, 2.05) is 24.3 Å². The van der Waals surface area contributed by atoms with E-state index in [9.17, 15) is 9.59 Å². The molecule has 0 fully saturated rings. The van der Waals surface area contributed by atoms with Crippen LogP contribution in [0.4, 0.5) is 5.69 Å². The maximum Gasteiger partial charge on any atom is 0.240 e. The van der Waals surface area contributed by atoms with E-state index in [2.05, 4.69) is 38.4 Å². The lowest BCUT2D eigenvalue weighted by molar-refractivity contribution is -0.124. The van der Waals surface area contributed by atoms with Gasteiger partial charge in [0.05, 0.1) is 6.21 Å². The Labute approximate surface area is 158 Å². The van der Waals surface area contributed by atoms with E-state index in [0.717, 1.165) is 9.13 Å². The standard InChI is InChI=1S/C17H15ClIN3O2/c18-13-5-3-6-14(10-13)21-16(23)8-9-17(24)22-20-11-12-4-1-2-7-15(12)19/h1-7,10-11H,8-9H2,(H,21,23)(H,22,24). The number of halogens is 2. The van der Waals surface area contributed by atoms with Crippen LogP contribution in [-0.4, -0.2) is 18.0 Å². The molecule has 2 aromatic rings. The molecule has 7 heteroatoms. The fraction of sp³-hybridized carbons (Fsp3) is 0.118. The molecule has 0 saturated heterocycles. The van der Waals surface area contributed by atoms with Gasteiger partial charge in [-0.3, -0.25) is 9.59 Å². The normalized spacial score (nSPS) is 10.6. The van der Waals surface area contributed by atoms with Gasteiger partial charge in [-0.15, -0.1) is 0 Å². The molecule has 0 aromatic heterocycles.